The average Bonchev–Trinajstić information content (AvgIpc) is 3.09. The third kappa shape index (κ3) is 2.48. The number of nitrogens with zero attached hydrogens (tertiary/aromatic N) is 2. The molecule has 0 unspecified atom stereocenters. The second-order valence-corrected chi connectivity index (χ2v) is 5.62. The number of methoxy groups -OCH3 is 1. The Bertz CT molecular complexity index is 797. The van der Waals surface area contributed by atoms with Crippen molar-refractivity contribution in [3.8, 4) is 28.6 Å². The zero-order valence-electron chi connectivity index (χ0n) is 11.4. The van der Waals surface area contributed by atoms with E-state index in [1.807, 2.05) is 17.7 Å². The summed E-state index contributed by atoms with van der Waals surface area (Å²) in [5.74, 6) is 1.42. The lowest BCUT2D eigenvalue weighted by Crippen LogP contribution is -1.93. The second kappa shape index (κ2) is 5.38. The smallest absolute Gasteiger partial charge is 0.262 e. The standard InChI is InChI=1S/C14H12ClN3O2S/c1-7-5-21-6-9(7)13-17-14(20-18-13)8-3-10(15)11(16)4-12(8)19-2/h3-6H,16H2,1-2H3. The molecule has 0 saturated carbocycles. The van der Waals surface area contributed by atoms with Crippen molar-refractivity contribution in [1.82, 2.24) is 10.1 Å². The zero-order chi connectivity index (χ0) is 15.0. The first kappa shape index (κ1) is 13.9. The van der Waals surface area contributed by atoms with Crippen molar-refractivity contribution in [3.05, 3.63) is 33.5 Å². The first-order valence-corrected chi connectivity index (χ1v) is 7.42. The van der Waals surface area contributed by atoms with E-state index in [0.29, 0.717) is 33.7 Å². The van der Waals surface area contributed by atoms with Gasteiger partial charge in [0.25, 0.3) is 5.89 Å². The zero-order valence-corrected chi connectivity index (χ0v) is 13.0. The molecule has 0 aliphatic carbocycles. The van der Waals surface area contributed by atoms with Crippen LogP contribution in [0.1, 0.15) is 5.56 Å². The van der Waals surface area contributed by atoms with E-state index in [9.17, 15) is 0 Å². The van der Waals surface area contributed by atoms with Crippen molar-refractivity contribution >= 4 is 28.6 Å². The summed E-state index contributed by atoms with van der Waals surface area (Å²) in [7, 11) is 1.55. The van der Waals surface area contributed by atoms with Crippen molar-refractivity contribution in [3.63, 3.8) is 0 Å². The molecule has 2 heterocycles. The fourth-order valence-corrected chi connectivity index (χ4v) is 2.93. The van der Waals surface area contributed by atoms with Crippen LogP contribution in [0.25, 0.3) is 22.8 Å². The highest BCUT2D eigenvalue weighted by Crippen LogP contribution is 2.36. The predicted molar refractivity (Wildman–Crippen MR) is 83.8 cm³/mol. The van der Waals surface area contributed by atoms with Crippen LogP contribution >= 0.6 is 22.9 Å². The number of ether oxygens (including phenoxy) is 1. The van der Waals surface area contributed by atoms with E-state index >= 15 is 0 Å². The van der Waals surface area contributed by atoms with Gasteiger partial charge in [-0.1, -0.05) is 16.8 Å². The lowest BCUT2D eigenvalue weighted by molar-refractivity contribution is 0.405. The number of aromatic nitrogens is 2. The third-order valence-corrected chi connectivity index (χ3v) is 4.26. The van der Waals surface area contributed by atoms with Crippen LogP contribution in [0, 0.1) is 6.92 Å². The Morgan fingerprint density at radius 2 is 2.10 bits per heavy atom. The summed E-state index contributed by atoms with van der Waals surface area (Å²) in [6, 6.07) is 3.30. The van der Waals surface area contributed by atoms with Gasteiger partial charge in [-0.15, -0.1) is 0 Å². The largest absolute Gasteiger partial charge is 0.496 e. The van der Waals surface area contributed by atoms with Crippen LogP contribution in [0.4, 0.5) is 5.69 Å². The maximum atomic E-state index is 6.06. The molecular weight excluding hydrogens is 310 g/mol. The number of hydrogen-bond donors (Lipinski definition) is 1. The number of nitrogen functional groups attached to an aromatic ring is 1. The summed E-state index contributed by atoms with van der Waals surface area (Å²) in [5.41, 5.74) is 8.88. The van der Waals surface area contributed by atoms with Gasteiger partial charge in [0.1, 0.15) is 5.75 Å². The highest BCUT2D eigenvalue weighted by atomic mass is 35.5. The van der Waals surface area contributed by atoms with Gasteiger partial charge in [0.05, 0.1) is 23.4 Å². The lowest BCUT2D eigenvalue weighted by Gasteiger charge is -2.07. The molecule has 0 aliphatic heterocycles. The maximum absolute atomic E-state index is 6.06. The molecule has 0 radical (unpaired) electrons. The summed E-state index contributed by atoms with van der Waals surface area (Å²) in [6.07, 6.45) is 0. The Morgan fingerprint density at radius 1 is 1.29 bits per heavy atom. The van der Waals surface area contributed by atoms with Gasteiger partial charge in [0, 0.05) is 17.0 Å². The molecule has 21 heavy (non-hydrogen) atoms. The van der Waals surface area contributed by atoms with Crippen LogP contribution in [-0.2, 0) is 0 Å². The average molecular weight is 322 g/mol. The highest BCUT2D eigenvalue weighted by molar-refractivity contribution is 7.08. The van der Waals surface area contributed by atoms with E-state index in [1.165, 1.54) is 0 Å². The Morgan fingerprint density at radius 3 is 2.76 bits per heavy atom. The molecule has 3 aromatic rings. The molecule has 3 rings (SSSR count). The van der Waals surface area contributed by atoms with Crippen LogP contribution in [-0.4, -0.2) is 17.3 Å². The topological polar surface area (TPSA) is 74.2 Å². The van der Waals surface area contributed by atoms with Gasteiger partial charge in [-0.05, 0) is 23.9 Å². The van der Waals surface area contributed by atoms with Crippen molar-refractivity contribution in [1.29, 1.82) is 0 Å². The summed E-state index contributed by atoms with van der Waals surface area (Å²) in [6.45, 7) is 2.00. The van der Waals surface area contributed by atoms with E-state index in [2.05, 4.69) is 10.1 Å². The molecular formula is C14H12ClN3O2S. The minimum Gasteiger partial charge on any atom is -0.496 e. The first-order valence-electron chi connectivity index (χ1n) is 6.10. The molecule has 2 N–H and O–H groups in total. The van der Waals surface area contributed by atoms with E-state index in [1.54, 1.807) is 30.6 Å². The van der Waals surface area contributed by atoms with Crippen molar-refractivity contribution in [2.45, 2.75) is 6.92 Å². The number of thiophene rings is 1. The Labute approximate surface area is 130 Å². The minimum atomic E-state index is 0.342. The van der Waals surface area contributed by atoms with Gasteiger partial charge >= 0.3 is 0 Å². The molecule has 108 valence electrons. The van der Waals surface area contributed by atoms with Crippen LogP contribution in [0.3, 0.4) is 0 Å². The molecule has 0 spiro atoms. The van der Waals surface area contributed by atoms with Crippen molar-refractivity contribution in [2.75, 3.05) is 12.8 Å². The number of anilines is 1. The maximum Gasteiger partial charge on any atom is 0.262 e. The molecule has 0 amide bonds. The van der Waals surface area contributed by atoms with Gasteiger partial charge in [0.15, 0.2) is 0 Å². The molecule has 1 aromatic carbocycles. The van der Waals surface area contributed by atoms with Crippen molar-refractivity contribution in [2.24, 2.45) is 0 Å². The van der Waals surface area contributed by atoms with Crippen molar-refractivity contribution < 1.29 is 9.26 Å². The molecule has 5 nitrogen and oxygen atoms in total. The Kier molecular flexibility index (Phi) is 3.57. The quantitative estimate of drug-likeness (QED) is 0.737. The number of halogens is 1. The molecule has 0 fully saturated rings. The number of nitrogens with two attached hydrogens (primary N) is 1. The van der Waals surface area contributed by atoms with Crippen LogP contribution < -0.4 is 10.5 Å². The SMILES string of the molecule is COc1cc(N)c(Cl)cc1-c1nc(-c2cscc2C)no1. The number of aryl methyl sites for hydroxylation is 1. The van der Waals surface area contributed by atoms with Gasteiger partial charge < -0.3 is 15.0 Å². The fourth-order valence-electron chi connectivity index (χ4n) is 1.94. The number of hydrogen-bond acceptors (Lipinski definition) is 6. The van der Waals surface area contributed by atoms with Gasteiger partial charge in [-0.3, -0.25) is 0 Å². The molecule has 0 aliphatic rings. The van der Waals surface area contributed by atoms with Crippen LogP contribution in [0.5, 0.6) is 5.75 Å². The molecule has 0 atom stereocenters. The summed E-state index contributed by atoms with van der Waals surface area (Å²) < 4.78 is 10.6. The normalized spacial score (nSPS) is 10.8. The Hall–Kier alpha value is -2.05. The first-order chi connectivity index (χ1) is 10.1. The summed E-state index contributed by atoms with van der Waals surface area (Å²) >= 11 is 7.65. The molecule has 2 aromatic heterocycles. The highest BCUT2D eigenvalue weighted by Gasteiger charge is 2.17. The van der Waals surface area contributed by atoms with Gasteiger partial charge in [-0.25, -0.2) is 0 Å². The van der Waals surface area contributed by atoms with E-state index in [0.717, 1.165) is 11.1 Å². The number of rotatable bonds is 3. The summed E-state index contributed by atoms with van der Waals surface area (Å²) in [5, 5.41) is 8.45. The summed E-state index contributed by atoms with van der Waals surface area (Å²) in [4.78, 5) is 4.41. The third-order valence-electron chi connectivity index (χ3n) is 3.07. The lowest BCUT2D eigenvalue weighted by atomic mass is 10.1. The van der Waals surface area contributed by atoms with E-state index in [4.69, 9.17) is 26.6 Å². The molecule has 0 saturated heterocycles. The van der Waals surface area contributed by atoms with E-state index < -0.39 is 0 Å². The number of benzene rings is 1. The minimum absolute atomic E-state index is 0.342. The van der Waals surface area contributed by atoms with Gasteiger partial charge in [0.2, 0.25) is 5.82 Å². The molecule has 0 bridgehead atoms. The molecule has 7 heteroatoms. The monoisotopic (exact) mass is 321 g/mol. The second-order valence-electron chi connectivity index (χ2n) is 4.47. The fraction of sp³-hybridized carbons (Fsp3) is 0.143. The van der Waals surface area contributed by atoms with Crippen LogP contribution in [0.15, 0.2) is 27.4 Å². The Balaban J connectivity index is 2.08. The predicted octanol–water partition coefficient (Wildman–Crippen LogP) is 4.02. The van der Waals surface area contributed by atoms with E-state index in [-0.39, 0.29) is 0 Å². The van der Waals surface area contributed by atoms with Gasteiger partial charge in [-0.2, -0.15) is 16.3 Å². The van der Waals surface area contributed by atoms with Crippen LogP contribution in [0.2, 0.25) is 5.02 Å².